The Kier molecular flexibility index (Phi) is 2.66. The molecule has 1 aliphatic heterocycles. The fourth-order valence-electron chi connectivity index (χ4n) is 2.30. The van der Waals surface area contributed by atoms with Gasteiger partial charge in [0.05, 0.1) is 17.8 Å². The predicted molar refractivity (Wildman–Crippen MR) is 77.2 cm³/mol. The van der Waals surface area contributed by atoms with Crippen molar-refractivity contribution in [2.45, 2.75) is 24.0 Å². The van der Waals surface area contributed by atoms with Crippen molar-refractivity contribution < 1.29 is 4.79 Å². The van der Waals surface area contributed by atoms with E-state index in [0.29, 0.717) is 11.2 Å². The molecule has 0 radical (unpaired) electrons. The molecular formula is C13H17N3OS. The minimum atomic E-state index is 0.0457. The first kappa shape index (κ1) is 11.7. The van der Waals surface area contributed by atoms with Crippen LogP contribution in [-0.2, 0) is 11.2 Å². The highest BCUT2D eigenvalue weighted by molar-refractivity contribution is 8.00. The Balaban J connectivity index is 1.77. The number of carbonyl (C=O) groups is 1. The number of carbonyl (C=O) groups excluding carboxylic acids is 1. The van der Waals surface area contributed by atoms with Crippen LogP contribution in [0.4, 0.5) is 17.1 Å². The fraction of sp³-hybridized carbons (Fsp3) is 0.462. The summed E-state index contributed by atoms with van der Waals surface area (Å²) >= 11 is 1.92. The van der Waals surface area contributed by atoms with Crippen LogP contribution < -0.4 is 16.4 Å². The van der Waals surface area contributed by atoms with Crippen molar-refractivity contribution in [1.82, 2.24) is 0 Å². The van der Waals surface area contributed by atoms with Gasteiger partial charge in [-0.05, 0) is 36.8 Å². The summed E-state index contributed by atoms with van der Waals surface area (Å²) in [6, 6.07) is 3.85. The van der Waals surface area contributed by atoms with Gasteiger partial charge in [-0.1, -0.05) is 0 Å². The minimum Gasteiger partial charge on any atom is -0.397 e. The second kappa shape index (κ2) is 4.09. The van der Waals surface area contributed by atoms with Crippen LogP contribution >= 0.6 is 11.8 Å². The molecule has 1 aromatic carbocycles. The molecular weight excluding hydrogens is 246 g/mol. The third-order valence-corrected chi connectivity index (χ3v) is 5.16. The monoisotopic (exact) mass is 263 g/mol. The third kappa shape index (κ3) is 2.03. The summed E-state index contributed by atoms with van der Waals surface area (Å²) in [5.41, 5.74) is 9.56. The van der Waals surface area contributed by atoms with Gasteiger partial charge in [0.2, 0.25) is 5.91 Å². The number of nitrogens with two attached hydrogens (primary N) is 1. The third-order valence-electron chi connectivity index (χ3n) is 3.74. The maximum atomic E-state index is 11.3. The van der Waals surface area contributed by atoms with Crippen LogP contribution in [0, 0.1) is 0 Å². The number of thioether (sulfide) groups is 1. The standard InChI is InChI=1S/C13H17N3OS/c1-18-13(2-3-13)7-15-11-6-10-8(4-9(11)14)5-12(17)16-10/h4,6,15H,2-3,5,7,14H2,1H3,(H,16,17). The van der Waals surface area contributed by atoms with E-state index in [1.54, 1.807) is 0 Å². The second-order valence-corrected chi connectivity index (χ2v) is 6.34. The molecule has 1 aromatic rings. The molecule has 1 saturated carbocycles. The van der Waals surface area contributed by atoms with Crippen molar-refractivity contribution >= 4 is 34.7 Å². The van der Waals surface area contributed by atoms with E-state index in [2.05, 4.69) is 16.9 Å². The number of nitrogens with one attached hydrogen (secondary N) is 2. The van der Waals surface area contributed by atoms with Crippen LogP contribution in [0.25, 0.3) is 0 Å². The number of amides is 1. The summed E-state index contributed by atoms with van der Waals surface area (Å²) in [6.45, 7) is 0.936. The number of hydrogen-bond acceptors (Lipinski definition) is 4. The average molecular weight is 263 g/mol. The van der Waals surface area contributed by atoms with Gasteiger partial charge in [-0.25, -0.2) is 0 Å². The molecule has 4 N–H and O–H groups in total. The van der Waals surface area contributed by atoms with Crippen LogP contribution in [0.5, 0.6) is 0 Å². The molecule has 0 spiro atoms. The predicted octanol–water partition coefficient (Wildman–Crippen LogP) is 2.07. The number of benzene rings is 1. The zero-order valence-electron chi connectivity index (χ0n) is 10.4. The maximum Gasteiger partial charge on any atom is 0.228 e. The summed E-state index contributed by atoms with van der Waals surface area (Å²) in [7, 11) is 0. The fourth-order valence-corrected chi connectivity index (χ4v) is 3.02. The number of anilines is 3. The lowest BCUT2D eigenvalue weighted by molar-refractivity contribution is -0.115. The second-order valence-electron chi connectivity index (χ2n) is 5.06. The van der Waals surface area contributed by atoms with E-state index >= 15 is 0 Å². The van der Waals surface area contributed by atoms with Crippen LogP contribution in [0.3, 0.4) is 0 Å². The van der Waals surface area contributed by atoms with E-state index in [9.17, 15) is 4.79 Å². The number of nitrogen functional groups attached to an aromatic ring is 1. The van der Waals surface area contributed by atoms with E-state index < -0.39 is 0 Å². The molecule has 3 rings (SSSR count). The molecule has 0 unspecified atom stereocenters. The highest BCUT2D eigenvalue weighted by Gasteiger charge is 2.41. The van der Waals surface area contributed by atoms with E-state index in [-0.39, 0.29) is 5.91 Å². The first-order valence-electron chi connectivity index (χ1n) is 6.13. The molecule has 0 bridgehead atoms. The molecule has 0 saturated heterocycles. The lowest BCUT2D eigenvalue weighted by atomic mass is 10.1. The van der Waals surface area contributed by atoms with Gasteiger partial charge >= 0.3 is 0 Å². The van der Waals surface area contributed by atoms with Gasteiger partial charge in [-0.15, -0.1) is 0 Å². The molecule has 5 heteroatoms. The molecule has 1 heterocycles. The minimum absolute atomic E-state index is 0.0457. The van der Waals surface area contributed by atoms with Crippen molar-refractivity contribution in [2.24, 2.45) is 0 Å². The van der Waals surface area contributed by atoms with Crippen LogP contribution in [-0.4, -0.2) is 23.5 Å². The molecule has 1 fully saturated rings. The highest BCUT2D eigenvalue weighted by Crippen LogP contribution is 2.47. The van der Waals surface area contributed by atoms with Gasteiger partial charge in [0.1, 0.15) is 0 Å². The van der Waals surface area contributed by atoms with Crippen molar-refractivity contribution in [1.29, 1.82) is 0 Å². The van der Waals surface area contributed by atoms with Crippen molar-refractivity contribution in [3.63, 3.8) is 0 Å². The molecule has 18 heavy (non-hydrogen) atoms. The zero-order valence-corrected chi connectivity index (χ0v) is 11.2. The molecule has 2 aliphatic rings. The largest absolute Gasteiger partial charge is 0.397 e. The normalized spacial score (nSPS) is 19.3. The summed E-state index contributed by atoms with van der Waals surface area (Å²) in [5.74, 6) is 0.0457. The topological polar surface area (TPSA) is 67.1 Å². The molecule has 0 aromatic heterocycles. The molecule has 96 valence electrons. The lowest BCUT2D eigenvalue weighted by Gasteiger charge is -2.16. The van der Waals surface area contributed by atoms with Crippen LogP contribution in [0.1, 0.15) is 18.4 Å². The Morgan fingerprint density at radius 1 is 1.50 bits per heavy atom. The quantitative estimate of drug-likeness (QED) is 0.728. The van der Waals surface area contributed by atoms with Gasteiger partial charge in [0.25, 0.3) is 0 Å². The van der Waals surface area contributed by atoms with Crippen LogP contribution in [0.2, 0.25) is 0 Å². The van der Waals surface area contributed by atoms with Crippen molar-refractivity contribution in [3.8, 4) is 0 Å². The molecule has 4 nitrogen and oxygen atoms in total. The zero-order chi connectivity index (χ0) is 12.8. The highest BCUT2D eigenvalue weighted by atomic mass is 32.2. The number of hydrogen-bond donors (Lipinski definition) is 3. The number of fused-ring (bicyclic) bond motifs is 1. The summed E-state index contributed by atoms with van der Waals surface area (Å²) in [6.07, 6.45) is 5.13. The van der Waals surface area contributed by atoms with Crippen molar-refractivity contribution in [2.75, 3.05) is 29.2 Å². The smallest absolute Gasteiger partial charge is 0.228 e. The Morgan fingerprint density at radius 2 is 2.28 bits per heavy atom. The molecule has 1 aliphatic carbocycles. The van der Waals surface area contributed by atoms with Crippen molar-refractivity contribution in [3.05, 3.63) is 17.7 Å². The van der Waals surface area contributed by atoms with E-state index in [0.717, 1.165) is 29.2 Å². The van der Waals surface area contributed by atoms with Gasteiger partial charge in [-0.2, -0.15) is 11.8 Å². The Bertz CT molecular complexity index is 511. The van der Waals surface area contributed by atoms with Gasteiger partial charge in [0.15, 0.2) is 0 Å². The van der Waals surface area contributed by atoms with Crippen LogP contribution in [0.15, 0.2) is 12.1 Å². The molecule has 1 amide bonds. The summed E-state index contributed by atoms with van der Waals surface area (Å²) in [5, 5.41) is 6.27. The van der Waals surface area contributed by atoms with E-state index in [1.807, 2.05) is 23.9 Å². The van der Waals surface area contributed by atoms with Gasteiger partial charge < -0.3 is 16.4 Å². The van der Waals surface area contributed by atoms with E-state index in [1.165, 1.54) is 12.8 Å². The molecule has 0 atom stereocenters. The first-order chi connectivity index (χ1) is 8.62. The first-order valence-corrected chi connectivity index (χ1v) is 7.36. The van der Waals surface area contributed by atoms with Gasteiger partial charge in [0, 0.05) is 17.0 Å². The lowest BCUT2D eigenvalue weighted by Crippen LogP contribution is -2.18. The SMILES string of the molecule is CSC1(CNc2cc3c(cc2N)CC(=O)N3)CC1. The van der Waals surface area contributed by atoms with Gasteiger partial charge in [-0.3, -0.25) is 4.79 Å². The number of rotatable bonds is 4. The maximum absolute atomic E-state index is 11.3. The Hall–Kier alpha value is -1.36. The average Bonchev–Trinajstić information content (AvgIpc) is 3.03. The summed E-state index contributed by atoms with van der Waals surface area (Å²) in [4.78, 5) is 11.3. The van der Waals surface area contributed by atoms with E-state index in [4.69, 9.17) is 5.73 Å². The Labute approximate surface area is 111 Å². The summed E-state index contributed by atoms with van der Waals surface area (Å²) < 4.78 is 0.398. The Morgan fingerprint density at radius 3 is 2.94 bits per heavy atom.